The van der Waals surface area contributed by atoms with Crippen molar-refractivity contribution in [3.63, 3.8) is 0 Å². The minimum atomic E-state index is -3.35. The van der Waals surface area contributed by atoms with Crippen LogP contribution in [0, 0.1) is 5.92 Å². The van der Waals surface area contributed by atoms with Crippen molar-refractivity contribution < 1.29 is 13.2 Å². The van der Waals surface area contributed by atoms with E-state index in [9.17, 15) is 13.2 Å². The maximum atomic E-state index is 12.6. The summed E-state index contributed by atoms with van der Waals surface area (Å²) in [7, 11) is -1.40. The zero-order chi connectivity index (χ0) is 17.6. The summed E-state index contributed by atoms with van der Waals surface area (Å²) in [6.07, 6.45) is 2.54. The van der Waals surface area contributed by atoms with Crippen molar-refractivity contribution in [2.24, 2.45) is 5.92 Å². The molecule has 134 valence electrons. The molecule has 0 aromatic heterocycles. The van der Waals surface area contributed by atoms with Crippen molar-refractivity contribution >= 4 is 21.6 Å². The molecule has 1 aromatic carbocycles. The fraction of sp³-hybridized carbons (Fsp3) is 0.588. The molecule has 2 rings (SSSR count). The lowest BCUT2D eigenvalue weighted by molar-refractivity contribution is 0.0691. The average Bonchev–Trinajstić information content (AvgIpc) is 2.55. The van der Waals surface area contributed by atoms with E-state index in [4.69, 9.17) is 0 Å². The van der Waals surface area contributed by atoms with E-state index in [1.807, 2.05) is 18.9 Å². The summed E-state index contributed by atoms with van der Waals surface area (Å²) >= 11 is 0. The summed E-state index contributed by atoms with van der Waals surface area (Å²) in [4.78, 5) is 14.5. The second-order valence-electron chi connectivity index (χ2n) is 6.29. The molecule has 0 bridgehead atoms. The van der Waals surface area contributed by atoms with Crippen molar-refractivity contribution in [1.29, 1.82) is 0 Å². The van der Waals surface area contributed by atoms with Crippen molar-refractivity contribution in [2.75, 3.05) is 37.2 Å². The smallest absolute Gasteiger partial charge is 0.253 e. The standard InChI is InChI=1S/C17H27N3O3S/c1-3-11-24(22,23)19-16-6-4-5-15(12-16)17(21)20-9-7-14(8-10-20)13-18-2/h4-6,12,14,18-19H,3,7-11,13H2,1-2H3. The molecular formula is C17H27N3O3S. The van der Waals surface area contributed by atoms with Gasteiger partial charge in [0.25, 0.3) is 5.91 Å². The van der Waals surface area contributed by atoms with Crippen LogP contribution >= 0.6 is 0 Å². The van der Waals surface area contributed by atoms with Gasteiger partial charge < -0.3 is 10.2 Å². The van der Waals surface area contributed by atoms with Gasteiger partial charge in [-0.3, -0.25) is 9.52 Å². The summed E-state index contributed by atoms with van der Waals surface area (Å²) < 4.78 is 26.3. The zero-order valence-electron chi connectivity index (χ0n) is 14.4. The lowest BCUT2D eigenvalue weighted by atomic mass is 9.96. The van der Waals surface area contributed by atoms with Crippen LogP contribution in [0.3, 0.4) is 0 Å². The van der Waals surface area contributed by atoms with Crippen LogP contribution in [-0.2, 0) is 10.0 Å². The van der Waals surface area contributed by atoms with E-state index in [1.54, 1.807) is 24.3 Å². The van der Waals surface area contributed by atoms with Gasteiger partial charge in [-0.25, -0.2) is 8.42 Å². The summed E-state index contributed by atoms with van der Waals surface area (Å²) in [5.74, 6) is 0.658. The third-order valence-electron chi connectivity index (χ3n) is 4.25. The summed E-state index contributed by atoms with van der Waals surface area (Å²) in [6.45, 7) is 4.29. The molecule has 0 spiro atoms. The minimum Gasteiger partial charge on any atom is -0.339 e. The molecule has 1 saturated heterocycles. The van der Waals surface area contributed by atoms with Crippen LogP contribution in [0.5, 0.6) is 0 Å². The fourth-order valence-electron chi connectivity index (χ4n) is 3.03. The molecule has 0 saturated carbocycles. The molecule has 0 unspecified atom stereocenters. The van der Waals surface area contributed by atoms with Gasteiger partial charge in [0.2, 0.25) is 10.0 Å². The lowest BCUT2D eigenvalue weighted by Crippen LogP contribution is -2.40. The molecule has 0 atom stereocenters. The van der Waals surface area contributed by atoms with Gasteiger partial charge in [0.1, 0.15) is 0 Å². The average molecular weight is 353 g/mol. The summed E-state index contributed by atoms with van der Waals surface area (Å²) in [5.41, 5.74) is 0.970. The zero-order valence-corrected chi connectivity index (χ0v) is 15.2. The Kier molecular flexibility index (Phi) is 6.62. The van der Waals surface area contributed by atoms with Crippen molar-refractivity contribution in [2.45, 2.75) is 26.2 Å². The quantitative estimate of drug-likeness (QED) is 0.785. The van der Waals surface area contributed by atoms with Gasteiger partial charge in [0, 0.05) is 24.3 Å². The predicted molar refractivity (Wildman–Crippen MR) is 96.7 cm³/mol. The number of hydrogen-bond acceptors (Lipinski definition) is 4. The number of rotatable bonds is 7. The van der Waals surface area contributed by atoms with E-state index < -0.39 is 10.0 Å². The van der Waals surface area contributed by atoms with Gasteiger partial charge in [-0.2, -0.15) is 0 Å². The van der Waals surface area contributed by atoms with Crippen molar-refractivity contribution in [3.8, 4) is 0 Å². The number of carbonyl (C=O) groups is 1. The number of piperidine rings is 1. The molecule has 2 N–H and O–H groups in total. The number of anilines is 1. The Morgan fingerprint density at radius 3 is 2.62 bits per heavy atom. The van der Waals surface area contributed by atoms with E-state index >= 15 is 0 Å². The Morgan fingerprint density at radius 1 is 1.29 bits per heavy atom. The monoisotopic (exact) mass is 353 g/mol. The van der Waals surface area contributed by atoms with E-state index in [2.05, 4.69) is 10.0 Å². The summed E-state index contributed by atoms with van der Waals surface area (Å²) in [6, 6.07) is 6.74. The molecule has 24 heavy (non-hydrogen) atoms. The van der Waals surface area contributed by atoms with Crippen molar-refractivity contribution in [1.82, 2.24) is 10.2 Å². The highest BCUT2D eigenvalue weighted by Crippen LogP contribution is 2.20. The fourth-order valence-corrected chi connectivity index (χ4v) is 4.15. The second kappa shape index (κ2) is 8.48. The van der Waals surface area contributed by atoms with Crippen LogP contribution in [0.1, 0.15) is 36.5 Å². The van der Waals surface area contributed by atoms with Gasteiger partial charge in [-0.05, 0) is 57.0 Å². The summed E-state index contributed by atoms with van der Waals surface area (Å²) in [5, 5.41) is 3.18. The molecule has 1 aliphatic rings. The number of amides is 1. The van der Waals surface area contributed by atoms with Crippen LogP contribution < -0.4 is 10.0 Å². The second-order valence-corrected chi connectivity index (χ2v) is 8.14. The van der Waals surface area contributed by atoms with Gasteiger partial charge in [0.15, 0.2) is 0 Å². The molecule has 1 fully saturated rings. The largest absolute Gasteiger partial charge is 0.339 e. The first kappa shape index (κ1) is 18.7. The molecule has 7 heteroatoms. The van der Waals surface area contributed by atoms with E-state index in [1.165, 1.54) is 0 Å². The first-order chi connectivity index (χ1) is 11.4. The van der Waals surface area contributed by atoms with Crippen LogP contribution in [0.4, 0.5) is 5.69 Å². The first-order valence-corrected chi connectivity index (χ1v) is 10.1. The molecule has 1 amide bonds. The Balaban J connectivity index is 2.02. The number of carbonyl (C=O) groups excluding carboxylic acids is 1. The van der Waals surface area contributed by atoms with Crippen LogP contribution in [-0.4, -0.2) is 51.7 Å². The molecule has 1 aliphatic heterocycles. The van der Waals surface area contributed by atoms with Gasteiger partial charge in [-0.15, -0.1) is 0 Å². The number of sulfonamides is 1. The minimum absolute atomic E-state index is 0.0329. The molecule has 0 aliphatic carbocycles. The van der Waals surface area contributed by atoms with Gasteiger partial charge in [-0.1, -0.05) is 13.0 Å². The molecule has 1 aromatic rings. The number of nitrogens with zero attached hydrogens (tertiary/aromatic N) is 1. The Morgan fingerprint density at radius 2 is 2.00 bits per heavy atom. The van der Waals surface area contributed by atoms with Crippen molar-refractivity contribution in [3.05, 3.63) is 29.8 Å². The Labute approximate surface area is 144 Å². The van der Waals surface area contributed by atoms with E-state index in [0.717, 1.165) is 32.5 Å². The Hall–Kier alpha value is -1.60. The van der Waals surface area contributed by atoms with Gasteiger partial charge in [0.05, 0.1) is 5.75 Å². The maximum Gasteiger partial charge on any atom is 0.253 e. The van der Waals surface area contributed by atoms with Crippen LogP contribution in [0.2, 0.25) is 0 Å². The number of nitrogens with one attached hydrogen (secondary N) is 2. The van der Waals surface area contributed by atoms with E-state index in [-0.39, 0.29) is 11.7 Å². The van der Waals surface area contributed by atoms with E-state index in [0.29, 0.717) is 23.6 Å². The molecular weight excluding hydrogens is 326 g/mol. The highest BCUT2D eigenvalue weighted by molar-refractivity contribution is 7.92. The predicted octanol–water partition coefficient (Wildman–Crippen LogP) is 1.91. The third kappa shape index (κ3) is 5.21. The van der Waals surface area contributed by atoms with Gasteiger partial charge >= 0.3 is 0 Å². The first-order valence-electron chi connectivity index (χ1n) is 8.49. The molecule has 0 radical (unpaired) electrons. The SMILES string of the molecule is CCCS(=O)(=O)Nc1cccc(C(=O)N2CCC(CNC)CC2)c1. The highest BCUT2D eigenvalue weighted by Gasteiger charge is 2.23. The van der Waals surface area contributed by atoms with Crippen LogP contribution in [0.15, 0.2) is 24.3 Å². The number of likely N-dealkylation sites (tertiary alicyclic amines) is 1. The maximum absolute atomic E-state index is 12.6. The number of benzene rings is 1. The lowest BCUT2D eigenvalue weighted by Gasteiger charge is -2.32. The molecule has 1 heterocycles. The Bertz CT molecular complexity index is 653. The molecule has 6 nitrogen and oxygen atoms in total. The normalized spacial score (nSPS) is 16.2. The topological polar surface area (TPSA) is 78.5 Å². The number of hydrogen-bond donors (Lipinski definition) is 2. The van der Waals surface area contributed by atoms with Crippen LogP contribution in [0.25, 0.3) is 0 Å². The third-order valence-corrected chi connectivity index (χ3v) is 5.74. The highest BCUT2D eigenvalue weighted by atomic mass is 32.2.